The van der Waals surface area contributed by atoms with Crippen LogP contribution in [-0.2, 0) is 15.0 Å². The third-order valence-corrected chi connectivity index (χ3v) is 7.28. The molecule has 0 radical (unpaired) electrons. The lowest BCUT2D eigenvalue weighted by molar-refractivity contribution is -0.120. The minimum Gasteiger partial charge on any atom is -0.494 e. The average molecular weight is 468 g/mol. The van der Waals surface area contributed by atoms with E-state index in [1.54, 1.807) is 31.2 Å². The Bertz CT molecular complexity index is 1050. The van der Waals surface area contributed by atoms with Crippen molar-refractivity contribution in [3.63, 3.8) is 0 Å². The van der Waals surface area contributed by atoms with Crippen molar-refractivity contribution < 1.29 is 26.7 Å². The molecule has 1 amide bonds. The van der Waals surface area contributed by atoms with E-state index in [4.69, 9.17) is 4.74 Å². The lowest BCUT2D eigenvalue weighted by Gasteiger charge is -2.35. The summed E-state index contributed by atoms with van der Waals surface area (Å²) in [5.74, 6) is -2.13. The number of ether oxygens (including phenoxy) is 1. The number of hydrogen-bond acceptors (Lipinski definition) is 4. The summed E-state index contributed by atoms with van der Waals surface area (Å²) in [4.78, 5) is 12.7. The Kier molecular flexibility index (Phi) is 7.68. The fraction of sp³-hybridized carbons (Fsp3) is 0.409. The zero-order valence-electron chi connectivity index (χ0n) is 18.1. The van der Waals surface area contributed by atoms with Gasteiger partial charge in [0.2, 0.25) is 5.91 Å². The van der Waals surface area contributed by atoms with Crippen LogP contribution in [0, 0.1) is 17.6 Å². The van der Waals surface area contributed by atoms with Gasteiger partial charge in [-0.25, -0.2) is 8.78 Å². The summed E-state index contributed by atoms with van der Waals surface area (Å²) >= 11 is 0. The van der Waals surface area contributed by atoms with Crippen LogP contribution in [0.5, 0.6) is 5.75 Å². The number of carbonyl (C=O) groups is 1. The fourth-order valence-electron chi connectivity index (χ4n) is 3.69. The summed E-state index contributed by atoms with van der Waals surface area (Å²) in [5, 5.41) is 2.44. The third-order valence-electron chi connectivity index (χ3n) is 5.27. The molecule has 1 aliphatic heterocycles. The number of nitrogens with one attached hydrogen (secondary N) is 1. The van der Waals surface area contributed by atoms with E-state index in [1.165, 1.54) is 8.61 Å². The monoisotopic (exact) mass is 467 g/mol. The molecule has 1 heterocycles. The fourth-order valence-corrected chi connectivity index (χ4v) is 5.41. The molecule has 0 spiro atoms. The highest BCUT2D eigenvalue weighted by Crippen LogP contribution is 2.27. The predicted molar refractivity (Wildman–Crippen MR) is 119 cm³/mol. The number of rotatable bonds is 8. The second kappa shape index (κ2) is 10.3. The van der Waals surface area contributed by atoms with Crippen LogP contribution >= 0.6 is 0 Å². The second-order valence-electron chi connectivity index (χ2n) is 7.41. The number of piperidine rings is 1. The molecule has 0 bridgehead atoms. The van der Waals surface area contributed by atoms with Crippen molar-refractivity contribution in [2.45, 2.75) is 26.7 Å². The zero-order chi connectivity index (χ0) is 23.3. The molecule has 10 heteroatoms. The Morgan fingerprint density at radius 1 is 1.19 bits per heavy atom. The van der Waals surface area contributed by atoms with Gasteiger partial charge in [0.25, 0.3) is 0 Å². The third kappa shape index (κ3) is 5.36. The molecule has 1 aliphatic rings. The maximum atomic E-state index is 13.9. The summed E-state index contributed by atoms with van der Waals surface area (Å²) in [5.41, 5.74) is 0.358. The quantitative estimate of drug-likeness (QED) is 0.641. The van der Waals surface area contributed by atoms with Gasteiger partial charge in [0.05, 0.1) is 23.9 Å². The Balaban J connectivity index is 1.73. The van der Waals surface area contributed by atoms with E-state index >= 15 is 0 Å². The van der Waals surface area contributed by atoms with E-state index in [9.17, 15) is 22.0 Å². The lowest BCUT2D eigenvalue weighted by Crippen LogP contribution is -2.50. The maximum Gasteiger partial charge on any atom is 0.304 e. The van der Waals surface area contributed by atoms with Crippen molar-refractivity contribution in [2.24, 2.45) is 5.92 Å². The molecule has 2 aromatic rings. The van der Waals surface area contributed by atoms with Gasteiger partial charge in [-0.1, -0.05) is 0 Å². The molecule has 1 unspecified atom stereocenters. The second-order valence-corrected chi connectivity index (χ2v) is 9.26. The molecule has 0 aliphatic carbocycles. The van der Waals surface area contributed by atoms with Crippen molar-refractivity contribution in [1.29, 1.82) is 0 Å². The highest BCUT2D eigenvalue weighted by Gasteiger charge is 2.36. The Morgan fingerprint density at radius 3 is 2.53 bits per heavy atom. The van der Waals surface area contributed by atoms with E-state index in [0.29, 0.717) is 37.0 Å². The Morgan fingerprint density at radius 2 is 1.91 bits per heavy atom. The van der Waals surface area contributed by atoms with Gasteiger partial charge in [-0.15, -0.1) is 0 Å². The Labute approximate surface area is 187 Å². The normalized spacial score (nSPS) is 17.1. The number of carbonyl (C=O) groups excluding carboxylic acids is 1. The van der Waals surface area contributed by atoms with Crippen molar-refractivity contribution >= 4 is 27.5 Å². The van der Waals surface area contributed by atoms with Crippen molar-refractivity contribution in [3.8, 4) is 5.75 Å². The number of anilines is 2. The van der Waals surface area contributed by atoms with Gasteiger partial charge in [-0.05, 0) is 63.1 Å². The summed E-state index contributed by atoms with van der Waals surface area (Å²) in [7, 11) is -3.88. The molecule has 7 nitrogen and oxygen atoms in total. The van der Waals surface area contributed by atoms with Crippen LogP contribution in [0.2, 0.25) is 0 Å². The van der Waals surface area contributed by atoms with Crippen LogP contribution in [0.3, 0.4) is 0 Å². The van der Waals surface area contributed by atoms with E-state index in [2.05, 4.69) is 5.32 Å². The molecule has 1 atom stereocenters. The minimum atomic E-state index is -3.88. The van der Waals surface area contributed by atoms with Gasteiger partial charge in [-0.3, -0.25) is 9.10 Å². The van der Waals surface area contributed by atoms with Gasteiger partial charge in [0, 0.05) is 25.7 Å². The summed E-state index contributed by atoms with van der Waals surface area (Å²) in [6.07, 6.45) is 0.958. The van der Waals surface area contributed by atoms with Crippen molar-refractivity contribution in [2.75, 3.05) is 35.9 Å². The molecular weight excluding hydrogens is 440 g/mol. The van der Waals surface area contributed by atoms with E-state index < -0.39 is 33.7 Å². The molecule has 1 saturated heterocycles. The summed E-state index contributed by atoms with van der Waals surface area (Å²) in [6.45, 7) is 4.58. The van der Waals surface area contributed by atoms with Gasteiger partial charge in [0.1, 0.15) is 17.4 Å². The highest BCUT2D eigenvalue weighted by atomic mass is 32.2. The van der Waals surface area contributed by atoms with Crippen molar-refractivity contribution in [3.05, 3.63) is 54.1 Å². The molecular formula is C22H27F2N3O4S. The first-order valence-corrected chi connectivity index (χ1v) is 11.9. The van der Waals surface area contributed by atoms with Gasteiger partial charge < -0.3 is 10.1 Å². The topological polar surface area (TPSA) is 79.0 Å². The first-order chi connectivity index (χ1) is 15.3. The maximum absolute atomic E-state index is 13.9. The van der Waals surface area contributed by atoms with Gasteiger partial charge in [0.15, 0.2) is 0 Å². The molecule has 3 rings (SSSR count). The summed E-state index contributed by atoms with van der Waals surface area (Å²) in [6, 6.07) is 9.65. The summed E-state index contributed by atoms with van der Waals surface area (Å²) < 4.78 is 61.6. The van der Waals surface area contributed by atoms with Gasteiger partial charge >= 0.3 is 10.2 Å². The number of amides is 1. The molecule has 174 valence electrons. The molecule has 0 aromatic heterocycles. The molecule has 1 fully saturated rings. The van der Waals surface area contributed by atoms with E-state index in [0.717, 1.165) is 12.1 Å². The first kappa shape index (κ1) is 23.9. The van der Waals surface area contributed by atoms with Crippen LogP contribution in [0.25, 0.3) is 0 Å². The predicted octanol–water partition coefficient (Wildman–Crippen LogP) is 3.79. The number of hydrogen-bond donors (Lipinski definition) is 1. The minimum absolute atomic E-state index is 0.0233. The Hall–Kier alpha value is -2.72. The van der Waals surface area contributed by atoms with E-state index in [1.807, 2.05) is 6.92 Å². The van der Waals surface area contributed by atoms with Crippen LogP contribution in [-0.4, -0.2) is 44.9 Å². The standard InChI is InChI=1S/C22H27F2N3O4S/c1-3-27(18-8-10-19(11-9-18)31-4-2)32(29,30)26-13-5-6-16(15-26)22(28)25-21-12-7-17(23)14-20(21)24/h7-12,14,16H,3-6,13,15H2,1-2H3,(H,25,28). The molecule has 2 aromatic carbocycles. The van der Waals surface area contributed by atoms with Crippen LogP contribution in [0.1, 0.15) is 26.7 Å². The molecule has 1 N–H and O–H groups in total. The number of halogens is 2. The zero-order valence-corrected chi connectivity index (χ0v) is 18.9. The average Bonchev–Trinajstić information content (AvgIpc) is 2.77. The molecule has 0 saturated carbocycles. The molecule has 32 heavy (non-hydrogen) atoms. The van der Waals surface area contributed by atoms with Crippen LogP contribution < -0.4 is 14.4 Å². The van der Waals surface area contributed by atoms with Crippen molar-refractivity contribution in [1.82, 2.24) is 4.31 Å². The van der Waals surface area contributed by atoms with Crippen LogP contribution in [0.4, 0.5) is 20.2 Å². The van der Waals surface area contributed by atoms with E-state index in [-0.39, 0.29) is 25.3 Å². The number of nitrogens with zero attached hydrogens (tertiary/aromatic N) is 2. The smallest absolute Gasteiger partial charge is 0.304 e. The number of benzene rings is 2. The lowest BCUT2D eigenvalue weighted by atomic mass is 9.98. The van der Waals surface area contributed by atoms with Gasteiger partial charge in [-0.2, -0.15) is 12.7 Å². The highest BCUT2D eigenvalue weighted by molar-refractivity contribution is 7.90. The SMILES string of the molecule is CCOc1ccc(N(CC)S(=O)(=O)N2CCCC(C(=O)Nc3ccc(F)cc3F)C2)cc1. The first-order valence-electron chi connectivity index (χ1n) is 10.5. The largest absolute Gasteiger partial charge is 0.494 e. The van der Waals surface area contributed by atoms with Crippen LogP contribution in [0.15, 0.2) is 42.5 Å².